The molecule has 0 spiro atoms. The highest BCUT2D eigenvalue weighted by Crippen LogP contribution is 1.92. The Morgan fingerprint density at radius 3 is 1.04 bits per heavy atom. The lowest BCUT2D eigenvalue weighted by molar-refractivity contribution is 0.00131. The van der Waals surface area contributed by atoms with E-state index < -0.39 is 19.7 Å². The third kappa shape index (κ3) is 14.8. The second kappa shape index (κ2) is 13.5. The van der Waals surface area contributed by atoms with Crippen molar-refractivity contribution in [2.75, 3.05) is 64.4 Å². The van der Waals surface area contributed by atoms with Gasteiger partial charge in [0.05, 0.1) is 64.4 Å². The molecule has 0 unspecified atom stereocenters. The van der Waals surface area contributed by atoms with E-state index in [1.54, 1.807) is 0 Å². The number of sulfone groups is 2. The Bertz CT molecular complexity index is 489. The summed E-state index contributed by atoms with van der Waals surface area (Å²) in [5.74, 6) is -0.179. The lowest BCUT2D eigenvalue weighted by Gasteiger charge is -2.07. The van der Waals surface area contributed by atoms with Crippen molar-refractivity contribution in [1.82, 2.24) is 0 Å². The monoisotopic (exact) mass is 386 g/mol. The van der Waals surface area contributed by atoms with Gasteiger partial charge in [-0.05, 0) is 0 Å². The molecule has 0 heterocycles. The van der Waals surface area contributed by atoms with Gasteiger partial charge in [-0.25, -0.2) is 16.8 Å². The maximum Gasteiger partial charge on any atom is 0.173 e. The molecule has 0 aromatic carbocycles. The van der Waals surface area contributed by atoms with Gasteiger partial charge < -0.3 is 18.9 Å². The van der Waals surface area contributed by atoms with Crippen LogP contribution in [-0.2, 0) is 38.6 Å². The maximum absolute atomic E-state index is 11.1. The van der Waals surface area contributed by atoms with E-state index in [9.17, 15) is 16.8 Å². The van der Waals surface area contributed by atoms with Gasteiger partial charge in [-0.3, -0.25) is 0 Å². The summed E-state index contributed by atoms with van der Waals surface area (Å²) in [4.78, 5) is 0. The summed E-state index contributed by atoms with van der Waals surface area (Å²) in [6.07, 6.45) is 0. The van der Waals surface area contributed by atoms with Gasteiger partial charge in [0.15, 0.2) is 19.7 Å². The fraction of sp³-hybridized carbons (Fsp3) is 0.714. The molecule has 0 atom stereocenters. The molecular formula is C14H26O8S2. The summed E-state index contributed by atoms with van der Waals surface area (Å²) < 4.78 is 65.0. The van der Waals surface area contributed by atoms with E-state index in [4.69, 9.17) is 18.9 Å². The van der Waals surface area contributed by atoms with E-state index in [-0.39, 0.29) is 24.7 Å². The van der Waals surface area contributed by atoms with Crippen LogP contribution in [-0.4, -0.2) is 81.2 Å². The first-order chi connectivity index (χ1) is 11.3. The van der Waals surface area contributed by atoms with Crippen molar-refractivity contribution >= 4 is 19.7 Å². The topological polar surface area (TPSA) is 105 Å². The molecule has 0 aromatic heterocycles. The van der Waals surface area contributed by atoms with E-state index in [0.717, 1.165) is 10.8 Å². The van der Waals surface area contributed by atoms with Crippen LogP contribution in [0.1, 0.15) is 0 Å². The van der Waals surface area contributed by atoms with Gasteiger partial charge in [-0.1, -0.05) is 13.2 Å². The normalized spacial score (nSPS) is 12.2. The van der Waals surface area contributed by atoms with Crippen LogP contribution in [0.25, 0.3) is 0 Å². The minimum Gasteiger partial charge on any atom is -0.378 e. The molecule has 0 aromatic rings. The first kappa shape index (κ1) is 23.2. The fourth-order valence-electron chi connectivity index (χ4n) is 1.28. The van der Waals surface area contributed by atoms with Crippen molar-refractivity contribution in [1.29, 1.82) is 0 Å². The van der Waals surface area contributed by atoms with Crippen molar-refractivity contribution in [3.8, 4) is 0 Å². The quantitative estimate of drug-likeness (QED) is 0.326. The zero-order valence-electron chi connectivity index (χ0n) is 13.7. The van der Waals surface area contributed by atoms with E-state index in [1.807, 2.05) is 0 Å². The molecule has 142 valence electrons. The molecule has 0 aliphatic rings. The first-order valence-electron chi connectivity index (χ1n) is 7.34. The van der Waals surface area contributed by atoms with Crippen LogP contribution in [0, 0.1) is 0 Å². The highest BCUT2D eigenvalue weighted by atomic mass is 32.2. The zero-order valence-corrected chi connectivity index (χ0v) is 15.4. The first-order valence-corrected chi connectivity index (χ1v) is 10.8. The van der Waals surface area contributed by atoms with Crippen molar-refractivity contribution in [2.24, 2.45) is 0 Å². The van der Waals surface area contributed by atoms with Gasteiger partial charge >= 0.3 is 0 Å². The molecule has 0 aliphatic carbocycles. The highest BCUT2D eigenvalue weighted by Gasteiger charge is 2.04. The predicted molar refractivity (Wildman–Crippen MR) is 91.2 cm³/mol. The second-order valence-electron chi connectivity index (χ2n) is 4.52. The SMILES string of the molecule is C=CS(=O)(=O)CCOCCOCCOCCOCCS(=O)(=O)C=C. The molecule has 0 amide bonds. The summed E-state index contributed by atoms with van der Waals surface area (Å²) >= 11 is 0. The Morgan fingerprint density at radius 2 is 0.792 bits per heavy atom. The van der Waals surface area contributed by atoms with Gasteiger partial charge in [-0.2, -0.15) is 0 Å². The van der Waals surface area contributed by atoms with E-state index >= 15 is 0 Å². The third-order valence-electron chi connectivity index (χ3n) is 2.65. The number of hydrogen-bond donors (Lipinski definition) is 0. The Balaban J connectivity index is 3.26. The van der Waals surface area contributed by atoms with Gasteiger partial charge in [0.2, 0.25) is 0 Å². The molecule has 8 nitrogen and oxygen atoms in total. The van der Waals surface area contributed by atoms with Crippen LogP contribution >= 0.6 is 0 Å². The molecule has 0 N–H and O–H groups in total. The smallest absolute Gasteiger partial charge is 0.173 e. The fourth-order valence-corrected chi connectivity index (χ4v) is 2.31. The summed E-state index contributed by atoms with van der Waals surface area (Å²) in [5, 5.41) is 1.82. The standard InChI is InChI=1S/C14H26O8S2/c1-3-23(15,16)13-11-21-9-7-19-5-6-20-8-10-22-12-14-24(17,18)4-2/h3-4H,1-2,5-14H2. The Morgan fingerprint density at radius 1 is 0.542 bits per heavy atom. The van der Waals surface area contributed by atoms with Crippen molar-refractivity contribution in [3.05, 3.63) is 24.0 Å². The molecule has 0 saturated heterocycles. The average molecular weight is 386 g/mol. The maximum atomic E-state index is 11.1. The summed E-state index contributed by atoms with van der Waals surface area (Å²) in [6, 6.07) is 0. The van der Waals surface area contributed by atoms with E-state index in [2.05, 4.69) is 13.2 Å². The minimum absolute atomic E-state index is 0.0896. The van der Waals surface area contributed by atoms with Crippen LogP contribution < -0.4 is 0 Å². The number of ether oxygens (including phenoxy) is 4. The average Bonchev–Trinajstić information content (AvgIpc) is 2.55. The molecule has 10 heteroatoms. The second-order valence-corrected chi connectivity index (χ2v) is 8.65. The van der Waals surface area contributed by atoms with E-state index in [1.165, 1.54) is 0 Å². The predicted octanol–water partition coefficient (Wildman–Crippen LogP) is 0.169. The van der Waals surface area contributed by atoms with Gasteiger partial charge in [0, 0.05) is 10.8 Å². The Hall–Kier alpha value is -0.780. The van der Waals surface area contributed by atoms with Crippen LogP contribution in [0.15, 0.2) is 24.0 Å². The van der Waals surface area contributed by atoms with Gasteiger partial charge in [0.1, 0.15) is 0 Å². The van der Waals surface area contributed by atoms with Crippen molar-refractivity contribution in [3.63, 3.8) is 0 Å². The summed E-state index contributed by atoms with van der Waals surface area (Å²) in [5.41, 5.74) is 0. The Labute approximate surface area is 144 Å². The lowest BCUT2D eigenvalue weighted by atomic mass is 10.7. The molecule has 0 fully saturated rings. The van der Waals surface area contributed by atoms with Crippen LogP contribution in [0.5, 0.6) is 0 Å². The number of hydrogen-bond acceptors (Lipinski definition) is 8. The largest absolute Gasteiger partial charge is 0.378 e. The third-order valence-corrected chi connectivity index (χ3v) is 5.14. The molecule has 0 bridgehead atoms. The number of rotatable bonds is 17. The molecule has 24 heavy (non-hydrogen) atoms. The van der Waals surface area contributed by atoms with Crippen LogP contribution in [0.4, 0.5) is 0 Å². The highest BCUT2D eigenvalue weighted by molar-refractivity contribution is 7.94. The van der Waals surface area contributed by atoms with E-state index in [0.29, 0.717) is 39.6 Å². The van der Waals surface area contributed by atoms with Gasteiger partial charge in [0.25, 0.3) is 0 Å². The van der Waals surface area contributed by atoms with Crippen molar-refractivity contribution < 1.29 is 35.8 Å². The minimum atomic E-state index is -3.22. The van der Waals surface area contributed by atoms with Crippen LogP contribution in [0.3, 0.4) is 0 Å². The van der Waals surface area contributed by atoms with Crippen molar-refractivity contribution in [2.45, 2.75) is 0 Å². The lowest BCUT2D eigenvalue weighted by Crippen LogP contribution is -2.15. The Kier molecular flexibility index (Phi) is 13.1. The summed E-state index contributed by atoms with van der Waals surface area (Å²) in [6.45, 7) is 8.65. The molecule has 0 rings (SSSR count). The molecule has 0 saturated carbocycles. The van der Waals surface area contributed by atoms with Crippen LogP contribution in [0.2, 0.25) is 0 Å². The molecule has 0 radical (unpaired) electrons. The molecular weight excluding hydrogens is 360 g/mol. The molecule has 0 aliphatic heterocycles. The zero-order chi connectivity index (χ0) is 18.3. The van der Waals surface area contributed by atoms with Gasteiger partial charge in [-0.15, -0.1) is 0 Å². The summed E-state index contributed by atoms with van der Waals surface area (Å²) in [7, 11) is -6.43.